The molecule has 2 N–H and O–H groups in total. The van der Waals surface area contributed by atoms with Crippen LogP contribution in [0.1, 0.15) is 24.8 Å². The van der Waals surface area contributed by atoms with Gasteiger partial charge in [-0.25, -0.2) is 4.79 Å². The van der Waals surface area contributed by atoms with E-state index in [1.807, 2.05) is 0 Å². The quantitative estimate of drug-likeness (QED) is 0.327. The average Bonchev–Trinajstić information content (AvgIpc) is 2.46. The standard InChI is InChI=1S/C15H16N2O5/c1-2-3-4-8-13(15(19)20)16-14(18)10-11-6-5-7-12(9-11)17(21)22/h1,5-7,9,13H,3-4,8,10H2,(H,16,18)(H,19,20)/t13-/m0/s1. The van der Waals surface area contributed by atoms with E-state index in [9.17, 15) is 19.7 Å². The molecule has 0 heterocycles. The topological polar surface area (TPSA) is 110 Å². The second-order valence-corrected chi connectivity index (χ2v) is 4.66. The van der Waals surface area contributed by atoms with Gasteiger partial charge in [-0.1, -0.05) is 12.1 Å². The molecule has 0 aromatic heterocycles. The average molecular weight is 304 g/mol. The number of unbranched alkanes of at least 4 members (excludes halogenated alkanes) is 1. The molecule has 22 heavy (non-hydrogen) atoms. The first kappa shape index (κ1) is 17.2. The van der Waals surface area contributed by atoms with E-state index in [-0.39, 0.29) is 18.5 Å². The van der Waals surface area contributed by atoms with Gasteiger partial charge in [0.05, 0.1) is 11.3 Å². The number of carbonyl (C=O) groups is 2. The van der Waals surface area contributed by atoms with Crippen molar-refractivity contribution in [3.05, 3.63) is 39.9 Å². The molecule has 0 spiro atoms. The molecule has 0 saturated heterocycles. The first-order valence-corrected chi connectivity index (χ1v) is 6.63. The Morgan fingerprint density at radius 1 is 1.45 bits per heavy atom. The number of nitro benzene ring substituents is 1. The van der Waals surface area contributed by atoms with Crippen molar-refractivity contribution in [2.45, 2.75) is 31.7 Å². The van der Waals surface area contributed by atoms with Gasteiger partial charge in [0.2, 0.25) is 5.91 Å². The maximum absolute atomic E-state index is 11.9. The van der Waals surface area contributed by atoms with E-state index in [1.165, 1.54) is 18.2 Å². The lowest BCUT2D eigenvalue weighted by Crippen LogP contribution is -2.41. The van der Waals surface area contributed by atoms with Crippen molar-refractivity contribution >= 4 is 17.6 Å². The Balaban J connectivity index is 2.63. The number of carbonyl (C=O) groups excluding carboxylic acids is 1. The molecule has 1 rings (SSSR count). The summed E-state index contributed by atoms with van der Waals surface area (Å²) in [5.74, 6) is 0.762. The predicted molar refractivity (Wildman–Crippen MR) is 79.1 cm³/mol. The van der Waals surface area contributed by atoms with Crippen LogP contribution < -0.4 is 5.32 Å². The Kier molecular flexibility index (Phi) is 6.57. The van der Waals surface area contributed by atoms with Gasteiger partial charge in [-0.2, -0.15) is 0 Å². The number of hydrogen-bond donors (Lipinski definition) is 2. The third-order valence-corrected chi connectivity index (χ3v) is 2.93. The lowest BCUT2D eigenvalue weighted by atomic mass is 10.1. The third kappa shape index (κ3) is 5.63. The molecule has 0 aliphatic carbocycles. The number of nitrogens with one attached hydrogen (secondary N) is 1. The number of benzene rings is 1. The highest BCUT2D eigenvalue weighted by Gasteiger charge is 2.19. The van der Waals surface area contributed by atoms with Gasteiger partial charge in [0.1, 0.15) is 6.04 Å². The minimum absolute atomic E-state index is 0.117. The zero-order valence-electron chi connectivity index (χ0n) is 11.8. The molecule has 1 aromatic carbocycles. The van der Waals surface area contributed by atoms with Crippen molar-refractivity contribution in [2.24, 2.45) is 0 Å². The van der Waals surface area contributed by atoms with E-state index in [2.05, 4.69) is 11.2 Å². The van der Waals surface area contributed by atoms with Crippen LogP contribution in [0.15, 0.2) is 24.3 Å². The molecule has 7 nitrogen and oxygen atoms in total. The molecule has 1 amide bonds. The molecule has 1 aromatic rings. The molecule has 0 bridgehead atoms. The molecule has 0 unspecified atom stereocenters. The third-order valence-electron chi connectivity index (χ3n) is 2.93. The normalized spacial score (nSPS) is 11.2. The Labute approximate surface area is 127 Å². The Bertz CT molecular complexity index is 606. The number of non-ortho nitro benzene ring substituents is 1. The van der Waals surface area contributed by atoms with E-state index >= 15 is 0 Å². The van der Waals surface area contributed by atoms with E-state index in [0.717, 1.165) is 0 Å². The van der Waals surface area contributed by atoms with Gasteiger partial charge < -0.3 is 10.4 Å². The molecule has 0 saturated carbocycles. The lowest BCUT2D eigenvalue weighted by Gasteiger charge is -2.13. The van der Waals surface area contributed by atoms with Gasteiger partial charge in [0.25, 0.3) is 5.69 Å². The molecule has 7 heteroatoms. The van der Waals surface area contributed by atoms with Crippen LogP contribution in [-0.2, 0) is 16.0 Å². The van der Waals surface area contributed by atoms with Crippen LogP contribution in [0.25, 0.3) is 0 Å². The number of terminal acetylenes is 1. The molecular formula is C15H16N2O5. The number of hydrogen-bond acceptors (Lipinski definition) is 4. The highest BCUT2D eigenvalue weighted by Crippen LogP contribution is 2.13. The number of rotatable bonds is 8. The van der Waals surface area contributed by atoms with Crippen LogP contribution >= 0.6 is 0 Å². The molecular weight excluding hydrogens is 288 g/mol. The summed E-state index contributed by atoms with van der Waals surface area (Å²) in [5, 5.41) is 22.1. The summed E-state index contributed by atoms with van der Waals surface area (Å²) in [7, 11) is 0. The number of nitro groups is 1. The first-order chi connectivity index (χ1) is 10.4. The highest BCUT2D eigenvalue weighted by atomic mass is 16.6. The first-order valence-electron chi connectivity index (χ1n) is 6.63. The van der Waals surface area contributed by atoms with Crippen molar-refractivity contribution < 1.29 is 19.6 Å². The summed E-state index contributed by atoms with van der Waals surface area (Å²) in [6, 6.07) is 4.64. The minimum Gasteiger partial charge on any atom is -0.480 e. The molecule has 0 fully saturated rings. The van der Waals surface area contributed by atoms with Crippen molar-refractivity contribution in [1.82, 2.24) is 5.32 Å². The summed E-state index contributed by atoms with van der Waals surface area (Å²) >= 11 is 0. The predicted octanol–water partition coefficient (Wildman–Crippen LogP) is 1.51. The summed E-state index contributed by atoms with van der Waals surface area (Å²) in [6.07, 6.45) is 6.13. The molecule has 116 valence electrons. The van der Waals surface area contributed by atoms with Crippen LogP contribution in [-0.4, -0.2) is 27.9 Å². The molecule has 1 atom stereocenters. The van der Waals surface area contributed by atoms with Crippen LogP contribution in [0, 0.1) is 22.5 Å². The molecule has 0 radical (unpaired) electrons. The van der Waals surface area contributed by atoms with Gasteiger partial charge in [0.15, 0.2) is 0 Å². The number of aliphatic carboxylic acids is 1. The van der Waals surface area contributed by atoms with Gasteiger partial charge in [-0.15, -0.1) is 12.3 Å². The van der Waals surface area contributed by atoms with Gasteiger partial charge in [-0.3, -0.25) is 14.9 Å². The Hall–Kier alpha value is -2.88. The summed E-state index contributed by atoms with van der Waals surface area (Å²) in [4.78, 5) is 33.0. The number of carboxylic acid groups (broad SMARTS) is 1. The number of nitrogens with zero attached hydrogens (tertiary/aromatic N) is 1. The van der Waals surface area contributed by atoms with Crippen molar-refractivity contribution in [1.29, 1.82) is 0 Å². The van der Waals surface area contributed by atoms with Crippen molar-refractivity contribution in [2.75, 3.05) is 0 Å². The Morgan fingerprint density at radius 2 is 2.18 bits per heavy atom. The summed E-state index contributed by atoms with van der Waals surface area (Å²) < 4.78 is 0. The van der Waals surface area contributed by atoms with Gasteiger partial charge in [0, 0.05) is 18.6 Å². The van der Waals surface area contributed by atoms with E-state index in [1.54, 1.807) is 6.07 Å². The fourth-order valence-corrected chi connectivity index (χ4v) is 1.88. The summed E-state index contributed by atoms with van der Waals surface area (Å²) in [6.45, 7) is 0. The van der Waals surface area contributed by atoms with Crippen LogP contribution in [0.4, 0.5) is 5.69 Å². The minimum atomic E-state index is -1.13. The lowest BCUT2D eigenvalue weighted by molar-refractivity contribution is -0.384. The van der Waals surface area contributed by atoms with Crippen LogP contribution in [0.2, 0.25) is 0 Å². The number of amides is 1. The van der Waals surface area contributed by atoms with Crippen LogP contribution in [0.3, 0.4) is 0 Å². The summed E-state index contributed by atoms with van der Waals surface area (Å²) in [5.41, 5.74) is 0.327. The Morgan fingerprint density at radius 3 is 2.77 bits per heavy atom. The zero-order chi connectivity index (χ0) is 16.5. The van der Waals surface area contributed by atoms with Crippen molar-refractivity contribution in [3.63, 3.8) is 0 Å². The van der Waals surface area contributed by atoms with Crippen LogP contribution in [0.5, 0.6) is 0 Å². The van der Waals surface area contributed by atoms with Gasteiger partial charge in [-0.05, 0) is 18.4 Å². The SMILES string of the molecule is C#CCCC[C@H](NC(=O)Cc1cccc([N+](=O)[O-])c1)C(=O)O. The fourth-order valence-electron chi connectivity index (χ4n) is 1.88. The highest BCUT2D eigenvalue weighted by molar-refractivity contribution is 5.84. The van der Waals surface area contributed by atoms with Gasteiger partial charge >= 0.3 is 5.97 Å². The van der Waals surface area contributed by atoms with Crippen molar-refractivity contribution in [3.8, 4) is 12.3 Å². The van der Waals surface area contributed by atoms with E-state index in [0.29, 0.717) is 18.4 Å². The fraction of sp³-hybridized carbons (Fsp3) is 0.333. The second kappa shape index (κ2) is 8.42. The maximum atomic E-state index is 11.9. The van der Waals surface area contributed by atoms with E-state index < -0.39 is 22.8 Å². The molecule has 0 aliphatic rings. The second-order valence-electron chi connectivity index (χ2n) is 4.66. The maximum Gasteiger partial charge on any atom is 0.326 e. The smallest absolute Gasteiger partial charge is 0.326 e. The largest absolute Gasteiger partial charge is 0.480 e. The van der Waals surface area contributed by atoms with E-state index in [4.69, 9.17) is 11.5 Å². The monoisotopic (exact) mass is 304 g/mol. The number of carboxylic acids is 1. The molecule has 0 aliphatic heterocycles. The zero-order valence-corrected chi connectivity index (χ0v) is 11.8.